The molecule has 0 spiro atoms. The van der Waals surface area contributed by atoms with E-state index in [9.17, 15) is 9.90 Å². The number of hydrogen-bond donors (Lipinski definition) is 2. The van der Waals surface area contributed by atoms with Gasteiger partial charge >= 0.3 is 5.97 Å². The Morgan fingerprint density at radius 1 is 1.24 bits per heavy atom. The minimum atomic E-state index is -0.950. The summed E-state index contributed by atoms with van der Waals surface area (Å²) < 4.78 is 3.98. The first-order chi connectivity index (χ1) is 9.93. The number of carbonyl (C=O) groups is 1. The van der Waals surface area contributed by atoms with Crippen LogP contribution in [0.25, 0.3) is 5.69 Å². The van der Waals surface area contributed by atoms with Crippen LogP contribution in [0.4, 0.5) is 0 Å². The second-order valence-corrected chi connectivity index (χ2v) is 7.36. The number of rotatable bonds is 5. The molecule has 0 saturated heterocycles. The van der Waals surface area contributed by atoms with Crippen molar-refractivity contribution in [2.45, 2.75) is 11.8 Å². The molecule has 0 aliphatic heterocycles. The van der Waals surface area contributed by atoms with E-state index >= 15 is 0 Å². The van der Waals surface area contributed by atoms with Crippen LogP contribution in [-0.4, -0.2) is 36.7 Å². The lowest BCUT2D eigenvalue weighted by molar-refractivity contribution is -0.133. The molecule has 0 aliphatic carbocycles. The van der Waals surface area contributed by atoms with Crippen LogP contribution in [0.5, 0.6) is 0 Å². The summed E-state index contributed by atoms with van der Waals surface area (Å²) in [6, 6.07) is 3.68. The molecule has 0 saturated carbocycles. The molecule has 0 bridgehead atoms. The fraction of sp³-hybridized carbons (Fsp3) is 0.182. The monoisotopic (exact) mass is 499 g/mol. The summed E-state index contributed by atoms with van der Waals surface area (Å²) in [4.78, 5) is 10.7. The molecule has 112 valence electrons. The van der Waals surface area contributed by atoms with Crippen LogP contribution < -0.4 is 0 Å². The van der Waals surface area contributed by atoms with Crippen LogP contribution in [0.2, 0.25) is 0 Å². The van der Waals surface area contributed by atoms with Crippen LogP contribution in [0.3, 0.4) is 0 Å². The van der Waals surface area contributed by atoms with Crippen LogP contribution in [0.1, 0.15) is 5.82 Å². The van der Waals surface area contributed by atoms with Gasteiger partial charge in [0.05, 0.1) is 11.4 Å². The predicted octanol–water partition coefficient (Wildman–Crippen LogP) is 3.22. The average molecular weight is 502 g/mol. The number of hydrogen-bond acceptors (Lipinski definition) is 5. The molecule has 0 aliphatic rings. The van der Waals surface area contributed by atoms with Gasteiger partial charge in [0.1, 0.15) is 6.61 Å². The molecule has 2 aromatic rings. The number of benzene rings is 1. The summed E-state index contributed by atoms with van der Waals surface area (Å²) in [6.45, 7) is -0.310. The van der Waals surface area contributed by atoms with Crippen LogP contribution in [0.15, 0.2) is 30.7 Å². The smallest absolute Gasteiger partial charge is 0.313 e. The molecular weight excluding hydrogens is 494 g/mol. The lowest BCUT2D eigenvalue weighted by atomic mass is 10.3. The SMILES string of the molecule is O=C(O)CSc1nnc(CO)n1-c1c(Br)cc(Br)cc1Br. The van der Waals surface area contributed by atoms with E-state index in [0.717, 1.165) is 25.2 Å². The lowest BCUT2D eigenvalue weighted by Gasteiger charge is -2.13. The van der Waals surface area contributed by atoms with Crippen molar-refractivity contribution >= 4 is 65.5 Å². The molecule has 2 N–H and O–H groups in total. The Morgan fingerprint density at radius 3 is 2.38 bits per heavy atom. The first kappa shape index (κ1) is 16.9. The maximum atomic E-state index is 10.7. The maximum Gasteiger partial charge on any atom is 0.313 e. The molecule has 1 aromatic carbocycles. The van der Waals surface area contributed by atoms with Gasteiger partial charge in [-0.25, -0.2) is 0 Å². The highest BCUT2D eigenvalue weighted by atomic mass is 79.9. The third-order valence-corrected chi connectivity index (χ3v) is 4.95. The molecule has 10 heteroatoms. The van der Waals surface area contributed by atoms with Gasteiger partial charge in [-0.05, 0) is 44.0 Å². The zero-order valence-electron chi connectivity index (χ0n) is 10.3. The molecular formula is C11H8Br3N3O3S. The van der Waals surface area contributed by atoms with Gasteiger partial charge in [0.25, 0.3) is 0 Å². The Hall–Kier alpha value is -0.420. The zero-order chi connectivity index (χ0) is 15.6. The first-order valence-corrected chi connectivity index (χ1v) is 8.85. The van der Waals surface area contributed by atoms with Gasteiger partial charge in [-0.2, -0.15) is 0 Å². The molecule has 0 amide bonds. The highest BCUT2D eigenvalue weighted by Crippen LogP contribution is 2.35. The van der Waals surface area contributed by atoms with E-state index in [0.29, 0.717) is 16.7 Å². The van der Waals surface area contributed by atoms with Gasteiger partial charge in [0, 0.05) is 13.4 Å². The van der Waals surface area contributed by atoms with Gasteiger partial charge in [-0.1, -0.05) is 27.7 Å². The van der Waals surface area contributed by atoms with E-state index in [4.69, 9.17) is 5.11 Å². The average Bonchev–Trinajstić information content (AvgIpc) is 2.78. The lowest BCUT2D eigenvalue weighted by Crippen LogP contribution is -2.06. The molecule has 6 nitrogen and oxygen atoms in total. The summed E-state index contributed by atoms with van der Waals surface area (Å²) in [5, 5.41) is 26.4. The molecule has 0 radical (unpaired) electrons. The number of carboxylic acids is 1. The summed E-state index contributed by atoms with van der Waals surface area (Å²) >= 11 is 11.3. The number of aliphatic hydroxyl groups excluding tert-OH is 1. The normalized spacial score (nSPS) is 10.9. The van der Waals surface area contributed by atoms with Crippen LogP contribution in [0, 0.1) is 0 Å². The zero-order valence-corrected chi connectivity index (χ0v) is 15.8. The number of aliphatic hydroxyl groups is 1. The molecule has 21 heavy (non-hydrogen) atoms. The van der Waals surface area contributed by atoms with Gasteiger partial charge in [0.15, 0.2) is 11.0 Å². The van der Waals surface area contributed by atoms with E-state index in [1.807, 2.05) is 12.1 Å². The Labute approximate surface area is 149 Å². The molecule has 0 fully saturated rings. The Kier molecular flexibility index (Phi) is 5.83. The fourth-order valence-corrected chi connectivity index (χ4v) is 4.89. The van der Waals surface area contributed by atoms with Gasteiger partial charge < -0.3 is 10.2 Å². The minimum Gasteiger partial charge on any atom is -0.481 e. The number of aromatic nitrogens is 3. The van der Waals surface area contributed by atoms with Gasteiger partial charge in [-0.15, -0.1) is 10.2 Å². The number of carboxylic acid groups (broad SMARTS) is 1. The van der Waals surface area contributed by atoms with Crippen molar-refractivity contribution in [3.8, 4) is 5.69 Å². The van der Waals surface area contributed by atoms with Crippen LogP contribution in [-0.2, 0) is 11.4 Å². The van der Waals surface area contributed by atoms with E-state index in [-0.39, 0.29) is 12.4 Å². The maximum absolute atomic E-state index is 10.7. The minimum absolute atomic E-state index is 0.144. The molecule has 0 atom stereocenters. The Morgan fingerprint density at radius 2 is 1.86 bits per heavy atom. The highest BCUT2D eigenvalue weighted by molar-refractivity contribution is 9.11. The largest absolute Gasteiger partial charge is 0.481 e. The number of thioether (sulfide) groups is 1. The van der Waals surface area contributed by atoms with Crippen molar-refractivity contribution in [1.82, 2.24) is 14.8 Å². The molecule has 1 aromatic heterocycles. The van der Waals surface area contributed by atoms with Gasteiger partial charge in [-0.3, -0.25) is 9.36 Å². The van der Waals surface area contributed by atoms with E-state index < -0.39 is 5.97 Å². The number of nitrogens with zero attached hydrogens (tertiary/aromatic N) is 3. The molecule has 2 rings (SSSR count). The summed E-state index contributed by atoms with van der Waals surface area (Å²) in [5.74, 6) is -0.768. The number of halogens is 3. The number of aliphatic carboxylic acids is 1. The van der Waals surface area contributed by atoms with Crippen molar-refractivity contribution in [2.24, 2.45) is 0 Å². The quantitative estimate of drug-likeness (QED) is 0.612. The summed E-state index contributed by atoms with van der Waals surface area (Å²) in [7, 11) is 0. The van der Waals surface area contributed by atoms with Crippen molar-refractivity contribution in [3.05, 3.63) is 31.4 Å². The predicted molar refractivity (Wildman–Crippen MR) is 88.7 cm³/mol. The summed E-state index contributed by atoms with van der Waals surface area (Å²) in [6.07, 6.45) is 0. The fourth-order valence-electron chi connectivity index (χ4n) is 1.60. The van der Waals surface area contributed by atoms with E-state index in [1.54, 1.807) is 4.57 Å². The second kappa shape index (κ2) is 7.23. The standard InChI is InChI=1S/C11H8Br3N3O3S/c12-5-1-6(13)10(7(14)2-5)17-8(3-18)15-16-11(17)21-4-9(19)20/h1-2,18H,3-4H2,(H,19,20). The van der Waals surface area contributed by atoms with Crippen LogP contribution >= 0.6 is 59.6 Å². The Bertz CT molecular complexity index is 670. The van der Waals surface area contributed by atoms with E-state index in [1.165, 1.54) is 0 Å². The topological polar surface area (TPSA) is 88.2 Å². The third kappa shape index (κ3) is 3.86. The third-order valence-electron chi connectivity index (χ3n) is 2.37. The van der Waals surface area contributed by atoms with Crippen molar-refractivity contribution < 1.29 is 15.0 Å². The Balaban J connectivity index is 2.56. The van der Waals surface area contributed by atoms with Crippen molar-refractivity contribution in [3.63, 3.8) is 0 Å². The first-order valence-electron chi connectivity index (χ1n) is 5.48. The van der Waals surface area contributed by atoms with Gasteiger partial charge in [0.2, 0.25) is 0 Å². The summed E-state index contributed by atoms with van der Waals surface area (Å²) in [5.41, 5.74) is 0.695. The molecule has 1 heterocycles. The molecule has 0 unspecified atom stereocenters. The van der Waals surface area contributed by atoms with Crippen molar-refractivity contribution in [2.75, 3.05) is 5.75 Å². The van der Waals surface area contributed by atoms with Crippen molar-refractivity contribution in [1.29, 1.82) is 0 Å². The second-order valence-electron chi connectivity index (χ2n) is 3.79. The highest BCUT2D eigenvalue weighted by Gasteiger charge is 2.19. The van der Waals surface area contributed by atoms with E-state index in [2.05, 4.69) is 58.0 Å².